The van der Waals surface area contributed by atoms with Crippen molar-refractivity contribution in [3.8, 4) is 5.75 Å². The molecule has 4 nitrogen and oxygen atoms in total. The minimum Gasteiger partial charge on any atom is -0.508 e. The lowest BCUT2D eigenvalue weighted by Crippen LogP contribution is -2.53. The number of hydrogen-bond acceptors (Lipinski definition) is 4. The van der Waals surface area contributed by atoms with E-state index in [1.165, 1.54) is 5.56 Å². The molecule has 1 fully saturated rings. The van der Waals surface area contributed by atoms with E-state index in [2.05, 4.69) is 52.3 Å². The number of phenolic OH excluding ortho intramolecular Hbond substituents is 1. The molecule has 158 valence electrons. The van der Waals surface area contributed by atoms with Gasteiger partial charge in [0.25, 0.3) is 0 Å². The number of piperazine rings is 1. The van der Waals surface area contributed by atoms with Crippen LogP contribution in [-0.2, 0) is 13.0 Å². The molecular weight excluding hydrogens is 372 g/mol. The first-order chi connectivity index (χ1) is 14.7. The van der Waals surface area contributed by atoms with E-state index in [-0.39, 0.29) is 6.61 Å². The topological polar surface area (TPSA) is 46.9 Å². The third-order valence-corrected chi connectivity index (χ3v) is 6.30. The molecule has 1 heterocycles. The molecule has 0 unspecified atom stereocenters. The van der Waals surface area contributed by atoms with Gasteiger partial charge in [-0.15, -0.1) is 0 Å². The second kappa shape index (κ2) is 10.1. The zero-order chi connectivity index (χ0) is 20.8. The molecule has 1 atom stereocenters. The van der Waals surface area contributed by atoms with Gasteiger partial charge in [0.15, 0.2) is 0 Å². The van der Waals surface area contributed by atoms with E-state index in [0.717, 1.165) is 68.3 Å². The van der Waals surface area contributed by atoms with Crippen molar-refractivity contribution in [2.45, 2.75) is 31.8 Å². The zero-order valence-electron chi connectivity index (χ0n) is 17.6. The van der Waals surface area contributed by atoms with Crippen molar-refractivity contribution in [2.75, 3.05) is 32.8 Å². The molecule has 0 aromatic heterocycles. The van der Waals surface area contributed by atoms with Gasteiger partial charge >= 0.3 is 0 Å². The predicted molar refractivity (Wildman–Crippen MR) is 123 cm³/mol. The Labute approximate surface area is 179 Å². The van der Waals surface area contributed by atoms with Gasteiger partial charge in [-0.2, -0.15) is 0 Å². The maximum Gasteiger partial charge on any atom is 0.120 e. The molecule has 1 aliphatic rings. The Bertz CT molecular complexity index is 944. The van der Waals surface area contributed by atoms with E-state index >= 15 is 0 Å². The smallest absolute Gasteiger partial charge is 0.120 e. The summed E-state index contributed by atoms with van der Waals surface area (Å²) in [5.74, 6) is 0.373. The Balaban J connectivity index is 1.39. The van der Waals surface area contributed by atoms with Crippen molar-refractivity contribution in [3.05, 3.63) is 77.9 Å². The standard InChI is InChI=1S/C26H32N2O2/c29-18-14-23-19-27(16-17-28(23)15-6-9-21-7-2-1-3-8-21)20-25-24-11-5-4-10-22(24)12-13-26(25)30/h1-5,7-8,10-13,23,29-30H,6,9,14-20H2/t23-/m0/s1. The minimum atomic E-state index is 0.215. The van der Waals surface area contributed by atoms with Gasteiger partial charge in [0.1, 0.15) is 5.75 Å². The molecule has 0 saturated carbocycles. The van der Waals surface area contributed by atoms with Crippen molar-refractivity contribution >= 4 is 10.8 Å². The SMILES string of the molecule is OCC[C@H]1CN(Cc2c(O)ccc3ccccc23)CCN1CCCc1ccccc1. The molecule has 3 aromatic carbocycles. The third kappa shape index (κ3) is 5.01. The van der Waals surface area contributed by atoms with Crippen molar-refractivity contribution < 1.29 is 10.2 Å². The molecule has 30 heavy (non-hydrogen) atoms. The summed E-state index contributed by atoms with van der Waals surface area (Å²) in [4.78, 5) is 4.97. The first-order valence-electron chi connectivity index (χ1n) is 11.1. The van der Waals surface area contributed by atoms with E-state index in [1.54, 1.807) is 0 Å². The summed E-state index contributed by atoms with van der Waals surface area (Å²) in [7, 11) is 0. The van der Waals surface area contributed by atoms with Crippen LogP contribution in [0.3, 0.4) is 0 Å². The average Bonchev–Trinajstić information content (AvgIpc) is 2.78. The minimum absolute atomic E-state index is 0.215. The summed E-state index contributed by atoms with van der Waals surface area (Å²) in [6.07, 6.45) is 3.02. The zero-order valence-corrected chi connectivity index (χ0v) is 17.6. The molecule has 0 amide bonds. The van der Waals surface area contributed by atoms with Crippen LogP contribution >= 0.6 is 0 Å². The normalized spacial score (nSPS) is 18.1. The third-order valence-electron chi connectivity index (χ3n) is 6.30. The molecule has 0 aliphatic carbocycles. The highest BCUT2D eigenvalue weighted by atomic mass is 16.3. The Morgan fingerprint density at radius 2 is 1.70 bits per heavy atom. The number of fused-ring (bicyclic) bond motifs is 1. The Hall–Kier alpha value is -2.40. The number of phenols is 1. The van der Waals surface area contributed by atoms with Crippen LogP contribution in [0.1, 0.15) is 24.0 Å². The number of aliphatic hydroxyl groups excluding tert-OH is 1. The molecule has 0 radical (unpaired) electrons. The van der Waals surface area contributed by atoms with Gasteiger partial charge in [0, 0.05) is 44.4 Å². The Morgan fingerprint density at radius 1 is 0.900 bits per heavy atom. The van der Waals surface area contributed by atoms with Crippen LogP contribution in [0.15, 0.2) is 66.7 Å². The van der Waals surface area contributed by atoms with E-state index in [9.17, 15) is 10.2 Å². The van der Waals surface area contributed by atoms with Crippen LogP contribution < -0.4 is 0 Å². The number of benzene rings is 3. The van der Waals surface area contributed by atoms with Crippen LogP contribution in [0, 0.1) is 0 Å². The van der Waals surface area contributed by atoms with Crippen LogP contribution in [-0.4, -0.2) is 58.8 Å². The average molecular weight is 405 g/mol. The molecule has 4 rings (SSSR count). The van der Waals surface area contributed by atoms with E-state index in [0.29, 0.717) is 11.8 Å². The van der Waals surface area contributed by atoms with Gasteiger partial charge in [-0.3, -0.25) is 9.80 Å². The summed E-state index contributed by atoms with van der Waals surface area (Å²) in [6.45, 7) is 4.93. The van der Waals surface area contributed by atoms with Gasteiger partial charge in [-0.05, 0) is 48.2 Å². The van der Waals surface area contributed by atoms with Crippen molar-refractivity contribution in [1.29, 1.82) is 0 Å². The predicted octanol–water partition coefficient (Wildman–Crippen LogP) is 4.05. The second-order valence-electron chi connectivity index (χ2n) is 8.31. The molecule has 0 bridgehead atoms. The van der Waals surface area contributed by atoms with Gasteiger partial charge in [0.2, 0.25) is 0 Å². The van der Waals surface area contributed by atoms with Crippen molar-refractivity contribution in [2.24, 2.45) is 0 Å². The largest absolute Gasteiger partial charge is 0.508 e. The number of aromatic hydroxyl groups is 1. The monoisotopic (exact) mass is 404 g/mol. The van der Waals surface area contributed by atoms with Crippen molar-refractivity contribution in [3.63, 3.8) is 0 Å². The fourth-order valence-electron chi connectivity index (χ4n) is 4.66. The summed E-state index contributed by atoms with van der Waals surface area (Å²) in [5.41, 5.74) is 2.40. The summed E-state index contributed by atoms with van der Waals surface area (Å²) in [6, 6.07) is 23.1. The van der Waals surface area contributed by atoms with Gasteiger partial charge in [-0.25, -0.2) is 0 Å². The van der Waals surface area contributed by atoms with Crippen LogP contribution in [0.5, 0.6) is 5.75 Å². The first-order valence-corrected chi connectivity index (χ1v) is 11.1. The molecule has 1 saturated heterocycles. The number of rotatable bonds is 8. The number of nitrogens with zero attached hydrogens (tertiary/aromatic N) is 2. The number of hydrogen-bond donors (Lipinski definition) is 2. The fourth-order valence-corrected chi connectivity index (χ4v) is 4.66. The summed E-state index contributed by atoms with van der Waals surface area (Å²) < 4.78 is 0. The maximum absolute atomic E-state index is 10.5. The van der Waals surface area contributed by atoms with E-state index in [4.69, 9.17) is 0 Å². The van der Waals surface area contributed by atoms with Gasteiger partial charge in [0.05, 0.1) is 0 Å². The lowest BCUT2D eigenvalue weighted by Gasteiger charge is -2.41. The summed E-state index contributed by atoms with van der Waals surface area (Å²) in [5, 5.41) is 22.4. The van der Waals surface area contributed by atoms with Crippen molar-refractivity contribution in [1.82, 2.24) is 9.80 Å². The maximum atomic E-state index is 10.5. The van der Waals surface area contributed by atoms with Crippen LogP contribution in [0.4, 0.5) is 0 Å². The second-order valence-corrected chi connectivity index (χ2v) is 8.31. The van der Waals surface area contributed by atoms with Gasteiger partial charge < -0.3 is 10.2 Å². The molecule has 0 spiro atoms. The van der Waals surface area contributed by atoms with E-state index in [1.807, 2.05) is 24.3 Å². The molecular formula is C26H32N2O2. The Kier molecular flexibility index (Phi) is 7.00. The highest BCUT2D eigenvalue weighted by molar-refractivity contribution is 5.87. The highest BCUT2D eigenvalue weighted by Crippen LogP contribution is 2.29. The fraction of sp³-hybridized carbons (Fsp3) is 0.385. The molecule has 1 aliphatic heterocycles. The quantitative estimate of drug-likeness (QED) is 0.595. The molecule has 2 N–H and O–H groups in total. The molecule has 4 heteroatoms. The number of aryl methyl sites for hydroxylation is 1. The first kappa shape index (κ1) is 20.9. The van der Waals surface area contributed by atoms with Gasteiger partial charge in [-0.1, -0.05) is 60.7 Å². The van der Waals surface area contributed by atoms with E-state index < -0.39 is 0 Å². The lowest BCUT2D eigenvalue weighted by molar-refractivity contribution is 0.0545. The van der Waals surface area contributed by atoms with Crippen LogP contribution in [0.2, 0.25) is 0 Å². The summed E-state index contributed by atoms with van der Waals surface area (Å²) >= 11 is 0. The lowest BCUT2D eigenvalue weighted by atomic mass is 10.0. The molecule has 3 aromatic rings. The highest BCUT2D eigenvalue weighted by Gasteiger charge is 2.27. The van der Waals surface area contributed by atoms with Crippen LogP contribution in [0.25, 0.3) is 10.8 Å². The number of aliphatic hydroxyl groups is 1. The Morgan fingerprint density at radius 3 is 2.53 bits per heavy atom.